The molecular weight excluding hydrogens is 464 g/mol. The number of nitrogens with zero attached hydrogens (tertiary/aromatic N) is 2. The molecule has 0 saturated carbocycles. The fraction of sp³-hybridized carbons (Fsp3) is 0.545. The lowest BCUT2D eigenvalue weighted by Crippen LogP contribution is -2.31. The first-order valence-electron chi connectivity index (χ1n) is 5.82. The van der Waals surface area contributed by atoms with Gasteiger partial charge in [0.25, 0.3) is 0 Å². The van der Waals surface area contributed by atoms with Gasteiger partial charge >= 0.3 is 0 Å². The Labute approximate surface area is 138 Å². The van der Waals surface area contributed by atoms with E-state index in [1.54, 1.807) is 0 Å². The molecule has 0 aliphatic carbocycles. The lowest BCUT2D eigenvalue weighted by atomic mass is 10.1. The molecule has 1 aromatic rings. The van der Waals surface area contributed by atoms with Gasteiger partial charge in [0.2, 0.25) is 0 Å². The molecule has 106 valence electrons. The smallest absolute Gasteiger partial charge is 0.177 e. The summed E-state index contributed by atoms with van der Waals surface area (Å²) in [6.45, 7) is 1.81. The highest BCUT2D eigenvalue weighted by Crippen LogP contribution is 2.40. The number of hydrogen-bond acceptors (Lipinski definition) is 4. The van der Waals surface area contributed by atoms with E-state index in [4.69, 9.17) is 0 Å². The van der Waals surface area contributed by atoms with Crippen LogP contribution in [0.15, 0.2) is 18.4 Å². The third-order valence-electron chi connectivity index (χ3n) is 3.01. The lowest BCUT2D eigenvalue weighted by Gasteiger charge is -2.29. The van der Waals surface area contributed by atoms with Crippen molar-refractivity contribution in [3.63, 3.8) is 0 Å². The number of rotatable bonds is 2. The topological polar surface area (TPSA) is 50.3 Å². The van der Waals surface area contributed by atoms with Gasteiger partial charge in [0.1, 0.15) is 15.3 Å². The second-order valence-electron chi connectivity index (χ2n) is 4.50. The van der Waals surface area contributed by atoms with E-state index >= 15 is 0 Å². The average molecular weight is 477 g/mol. The van der Waals surface area contributed by atoms with Crippen molar-refractivity contribution >= 4 is 63.4 Å². The highest BCUT2D eigenvalue weighted by atomic mass is 79.9. The summed E-state index contributed by atoms with van der Waals surface area (Å²) in [5, 5.41) is 0. The maximum absolute atomic E-state index is 11.9. The molecule has 0 unspecified atom stereocenters. The van der Waals surface area contributed by atoms with Gasteiger partial charge < -0.3 is 4.90 Å². The summed E-state index contributed by atoms with van der Waals surface area (Å²) in [6, 6.07) is 0. The number of halogens is 3. The first kappa shape index (κ1) is 15.7. The van der Waals surface area contributed by atoms with E-state index in [2.05, 4.69) is 57.7 Å². The van der Waals surface area contributed by atoms with Crippen LogP contribution in [-0.4, -0.2) is 32.7 Å². The maximum atomic E-state index is 11.9. The molecule has 1 aromatic heterocycles. The van der Waals surface area contributed by atoms with E-state index in [-0.39, 0.29) is 4.90 Å². The third kappa shape index (κ3) is 3.33. The molecule has 1 saturated heterocycles. The molecule has 0 N–H and O–H groups in total. The predicted octanol–water partition coefficient (Wildman–Crippen LogP) is 3.76. The van der Waals surface area contributed by atoms with Crippen LogP contribution in [0.25, 0.3) is 0 Å². The second-order valence-corrected chi connectivity index (χ2v) is 8.79. The Morgan fingerprint density at radius 1 is 1.05 bits per heavy atom. The van der Waals surface area contributed by atoms with Crippen molar-refractivity contribution in [1.82, 2.24) is 4.98 Å². The van der Waals surface area contributed by atoms with Crippen molar-refractivity contribution in [2.45, 2.75) is 24.2 Å². The minimum Gasteiger partial charge on any atom is -0.356 e. The Morgan fingerprint density at radius 3 is 2.16 bits per heavy atom. The zero-order valence-corrected chi connectivity index (χ0v) is 15.9. The Bertz CT molecular complexity index is 598. The first-order chi connectivity index (χ1) is 8.82. The molecule has 0 radical (unpaired) electrons. The summed E-state index contributed by atoms with van der Waals surface area (Å²) in [5.41, 5.74) is 0. The minimum absolute atomic E-state index is 0.245. The van der Waals surface area contributed by atoms with Gasteiger partial charge in [-0.3, -0.25) is 0 Å². The lowest BCUT2D eigenvalue weighted by molar-refractivity contribution is 0.570. The predicted molar refractivity (Wildman–Crippen MR) is 86.5 cm³/mol. The van der Waals surface area contributed by atoms with Crippen molar-refractivity contribution in [3.05, 3.63) is 13.5 Å². The van der Waals surface area contributed by atoms with E-state index in [1.807, 2.05) is 0 Å². The molecule has 19 heavy (non-hydrogen) atoms. The van der Waals surface area contributed by atoms with Crippen LogP contribution in [0.2, 0.25) is 0 Å². The first-order valence-corrected chi connectivity index (χ1v) is 10.1. The molecule has 4 nitrogen and oxygen atoms in total. The van der Waals surface area contributed by atoms with Crippen molar-refractivity contribution in [2.24, 2.45) is 0 Å². The minimum atomic E-state index is -3.34. The van der Waals surface area contributed by atoms with Crippen LogP contribution in [0.1, 0.15) is 19.3 Å². The van der Waals surface area contributed by atoms with Gasteiger partial charge in [-0.2, -0.15) is 0 Å². The number of anilines is 1. The molecule has 1 aliphatic heterocycles. The Kier molecular flexibility index (Phi) is 4.96. The highest BCUT2D eigenvalue weighted by molar-refractivity contribution is 9.13. The molecule has 8 heteroatoms. The average Bonchev–Trinajstić information content (AvgIpc) is 2.33. The van der Waals surface area contributed by atoms with Gasteiger partial charge in [0.05, 0.1) is 8.95 Å². The van der Waals surface area contributed by atoms with Crippen LogP contribution in [0, 0.1) is 0 Å². The van der Waals surface area contributed by atoms with Gasteiger partial charge in [0.15, 0.2) is 9.84 Å². The highest BCUT2D eigenvalue weighted by Gasteiger charge is 2.26. The van der Waals surface area contributed by atoms with Crippen LogP contribution >= 0.6 is 47.8 Å². The summed E-state index contributed by atoms with van der Waals surface area (Å²) < 4.78 is 25.4. The molecule has 0 aromatic carbocycles. The van der Waals surface area contributed by atoms with E-state index < -0.39 is 9.84 Å². The fourth-order valence-electron chi connectivity index (χ4n) is 2.12. The second kappa shape index (κ2) is 5.99. The normalized spacial score (nSPS) is 16.7. The monoisotopic (exact) mass is 474 g/mol. The third-order valence-corrected chi connectivity index (χ3v) is 7.31. The zero-order chi connectivity index (χ0) is 14.2. The molecular formula is C11H13Br3N2O2S. The number of hydrogen-bond donors (Lipinski definition) is 0. The molecule has 0 atom stereocenters. The van der Waals surface area contributed by atoms with E-state index in [0.717, 1.165) is 25.9 Å². The molecule has 0 amide bonds. The largest absolute Gasteiger partial charge is 0.356 e. The standard InChI is InChI=1S/C11H13Br3N2O2S/c1-19(17,18)9-7(12)10(14)15-11(8(9)13)16-5-3-2-4-6-16/h2-6H2,1H3. The Balaban J connectivity index is 2.60. The van der Waals surface area contributed by atoms with E-state index in [0.29, 0.717) is 19.4 Å². The van der Waals surface area contributed by atoms with Crippen LogP contribution in [0.3, 0.4) is 0 Å². The number of pyridine rings is 1. The number of sulfone groups is 1. The molecule has 1 fully saturated rings. The Hall–Kier alpha value is 0.340. The van der Waals surface area contributed by atoms with Crippen molar-refractivity contribution in [2.75, 3.05) is 24.2 Å². The summed E-state index contributed by atoms with van der Waals surface area (Å²) >= 11 is 10.0. The quantitative estimate of drug-likeness (QED) is 0.610. The van der Waals surface area contributed by atoms with Gasteiger partial charge in [-0.1, -0.05) is 0 Å². The van der Waals surface area contributed by atoms with Crippen LogP contribution < -0.4 is 4.90 Å². The SMILES string of the molecule is CS(=O)(=O)c1c(Br)c(Br)nc(N2CCCCC2)c1Br. The molecule has 1 aliphatic rings. The van der Waals surface area contributed by atoms with Gasteiger partial charge in [0, 0.05) is 19.3 Å². The van der Waals surface area contributed by atoms with E-state index in [9.17, 15) is 8.42 Å². The van der Waals surface area contributed by atoms with Crippen molar-refractivity contribution < 1.29 is 8.42 Å². The van der Waals surface area contributed by atoms with Crippen molar-refractivity contribution in [3.8, 4) is 0 Å². The van der Waals surface area contributed by atoms with Crippen LogP contribution in [-0.2, 0) is 9.84 Å². The molecule has 0 spiro atoms. The molecule has 2 rings (SSSR count). The van der Waals surface area contributed by atoms with Gasteiger partial charge in [-0.15, -0.1) is 0 Å². The summed E-state index contributed by atoms with van der Waals surface area (Å²) in [4.78, 5) is 6.82. The molecule has 0 bridgehead atoms. The molecule has 2 heterocycles. The summed E-state index contributed by atoms with van der Waals surface area (Å²) in [6.07, 6.45) is 4.63. The van der Waals surface area contributed by atoms with Crippen LogP contribution in [0.5, 0.6) is 0 Å². The summed E-state index contributed by atoms with van der Waals surface area (Å²) in [5.74, 6) is 0.690. The Morgan fingerprint density at radius 2 is 1.63 bits per heavy atom. The number of aromatic nitrogens is 1. The number of piperidine rings is 1. The maximum Gasteiger partial charge on any atom is 0.177 e. The summed E-state index contributed by atoms with van der Waals surface area (Å²) in [7, 11) is -3.34. The van der Waals surface area contributed by atoms with Crippen molar-refractivity contribution in [1.29, 1.82) is 0 Å². The van der Waals surface area contributed by atoms with E-state index in [1.165, 1.54) is 12.7 Å². The van der Waals surface area contributed by atoms with Gasteiger partial charge in [-0.25, -0.2) is 13.4 Å². The fourth-order valence-corrected chi connectivity index (χ4v) is 6.31. The zero-order valence-electron chi connectivity index (χ0n) is 10.3. The van der Waals surface area contributed by atoms with Gasteiger partial charge in [-0.05, 0) is 67.1 Å². The van der Waals surface area contributed by atoms with Crippen LogP contribution in [0.4, 0.5) is 5.82 Å².